The second-order valence-corrected chi connectivity index (χ2v) is 31.4. The summed E-state index contributed by atoms with van der Waals surface area (Å²) in [4.78, 5) is 72.7. The van der Waals surface area contributed by atoms with E-state index in [0.29, 0.717) is 25.7 Å². The Kier molecular flexibility index (Phi) is 63.1. The molecule has 0 amide bonds. The van der Waals surface area contributed by atoms with Crippen LogP contribution in [0.5, 0.6) is 0 Å². The summed E-state index contributed by atoms with van der Waals surface area (Å²) in [7, 11) is -9.91. The van der Waals surface area contributed by atoms with Crippen molar-refractivity contribution in [3.63, 3.8) is 0 Å². The number of phosphoric ester groups is 2. The van der Waals surface area contributed by atoms with Crippen molar-refractivity contribution in [2.45, 2.75) is 395 Å². The SMILES string of the molecule is CCC(C)CCCCCCCCC(=O)OC[C@H](COP(=O)(O)OC[C@H](O)COP(=O)(O)OC[C@@H](COC(=O)CCCCCCCCCCCCCCCC(C)C)OC(=O)CCCCCCCCCCCCCCCCCC(C)C)OC(=O)CCCCCCCCC(C)CC. The number of carbonyl (C=O) groups excluding carboxylic acids is 4. The summed E-state index contributed by atoms with van der Waals surface area (Å²) in [6.45, 7) is 14.1. The Morgan fingerprint density at radius 3 is 0.755 bits per heavy atom. The molecule has 0 heterocycles. The van der Waals surface area contributed by atoms with E-state index < -0.39 is 97.5 Å². The number of esters is 4. The molecule has 0 fully saturated rings. The van der Waals surface area contributed by atoms with Crippen molar-refractivity contribution in [1.29, 1.82) is 0 Å². The van der Waals surface area contributed by atoms with E-state index in [4.69, 9.17) is 37.0 Å². The molecule has 0 spiro atoms. The van der Waals surface area contributed by atoms with Crippen molar-refractivity contribution in [3.05, 3.63) is 0 Å². The van der Waals surface area contributed by atoms with E-state index in [9.17, 15) is 43.2 Å². The van der Waals surface area contributed by atoms with Crippen molar-refractivity contribution < 1.29 is 80.2 Å². The molecule has 0 aliphatic heterocycles. The summed E-state index contributed by atoms with van der Waals surface area (Å²) in [5, 5.41) is 10.6. The van der Waals surface area contributed by atoms with Crippen LogP contribution in [0, 0.1) is 23.7 Å². The first-order valence-corrected chi connectivity index (χ1v) is 41.8. The maximum atomic E-state index is 13.1. The number of hydrogen-bond donors (Lipinski definition) is 3. The zero-order valence-corrected chi connectivity index (χ0v) is 63.4. The molecule has 4 unspecified atom stereocenters. The van der Waals surface area contributed by atoms with Crippen LogP contribution < -0.4 is 0 Å². The van der Waals surface area contributed by atoms with Gasteiger partial charge in [0, 0.05) is 25.7 Å². The minimum Gasteiger partial charge on any atom is -0.462 e. The molecule has 0 saturated heterocycles. The van der Waals surface area contributed by atoms with E-state index >= 15 is 0 Å². The summed E-state index contributed by atoms with van der Waals surface area (Å²) < 4.78 is 68.4. The second kappa shape index (κ2) is 64.4. The smallest absolute Gasteiger partial charge is 0.462 e. The third-order valence-corrected chi connectivity index (χ3v) is 19.9. The lowest BCUT2D eigenvalue weighted by Crippen LogP contribution is -2.30. The molecule has 0 radical (unpaired) electrons. The van der Waals surface area contributed by atoms with Crippen LogP contribution in [0.1, 0.15) is 376 Å². The minimum atomic E-state index is -4.96. The molecule has 0 aromatic carbocycles. The van der Waals surface area contributed by atoms with Crippen molar-refractivity contribution in [2.75, 3.05) is 39.6 Å². The van der Waals surface area contributed by atoms with Crippen molar-refractivity contribution >= 4 is 39.5 Å². The molecule has 0 rings (SSSR count). The number of aliphatic hydroxyl groups is 1. The summed E-state index contributed by atoms with van der Waals surface area (Å²) in [6.07, 6.45) is 48.7. The maximum Gasteiger partial charge on any atom is 0.472 e. The molecular weight excluding hydrogens is 1230 g/mol. The average molecular weight is 1380 g/mol. The van der Waals surface area contributed by atoms with Crippen molar-refractivity contribution in [2.24, 2.45) is 23.7 Å². The van der Waals surface area contributed by atoms with Gasteiger partial charge in [0.05, 0.1) is 26.4 Å². The van der Waals surface area contributed by atoms with Crippen LogP contribution in [-0.4, -0.2) is 96.7 Å². The third kappa shape index (κ3) is 66.0. The number of phosphoric acid groups is 2. The number of ether oxygens (including phenoxy) is 4. The predicted molar refractivity (Wildman–Crippen MR) is 381 cm³/mol. The minimum absolute atomic E-state index is 0.102. The number of rotatable bonds is 72. The van der Waals surface area contributed by atoms with Gasteiger partial charge in [-0.3, -0.25) is 37.3 Å². The maximum absolute atomic E-state index is 13.1. The zero-order chi connectivity index (χ0) is 69.6. The lowest BCUT2D eigenvalue weighted by Gasteiger charge is -2.21. The molecule has 0 saturated carbocycles. The van der Waals surface area contributed by atoms with E-state index in [2.05, 4.69) is 55.4 Å². The molecule has 17 nitrogen and oxygen atoms in total. The van der Waals surface area contributed by atoms with Crippen LogP contribution in [0.4, 0.5) is 0 Å². The van der Waals surface area contributed by atoms with Gasteiger partial charge in [-0.1, -0.05) is 325 Å². The first kappa shape index (κ1) is 92.1. The summed E-state index contributed by atoms with van der Waals surface area (Å²) >= 11 is 0. The third-order valence-electron chi connectivity index (χ3n) is 18.0. The van der Waals surface area contributed by atoms with E-state index in [1.165, 1.54) is 173 Å². The quantitative estimate of drug-likeness (QED) is 0.0222. The Labute approximate surface area is 575 Å². The molecule has 0 aliphatic rings. The van der Waals surface area contributed by atoms with Crippen molar-refractivity contribution in [3.8, 4) is 0 Å². The van der Waals surface area contributed by atoms with E-state index in [1.54, 1.807) is 0 Å². The van der Waals surface area contributed by atoms with Gasteiger partial charge in [0.1, 0.15) is 19.3 Å². The van der Waals surface area contributed by atoms with Crippen molar-refractivity contribution in [1.82, 2.24) is 0 Å². The molecule has 0 aromatic heterocycles. The Balaban J connectivity index is 5.24. The monoisotopic (exact) mass is 1380 g/mol. The second-order valence-electron chi connectivity index (χ2n) is 28.5. The van der Waals surface area contributed by atoms with Gasteiger partial charge in [-0.15, -0.1) is 0 Å². The fourth-order valence-corrected chi connectivity index (χ4v) is 12.9. The fourth-order valence-electron chi connectivity index (χ4n) is 11.3. The van der Waals surface area contributed by atoms with Gasteiger partial charge in [-0.05, 0) is 49.4 Å². The highest BCUT2D eigenvalue weighted by Gasteiger charge is 2.30. The van der Waals surface area contributed by atoms with Crippen LogP contribution in [-0.2, 0) is 65.4 Å². The first-order chi connectivity index (χ1) is 45.2. The lowest BCUT2D eigenvalue weighted by molar-refractivity contribution is -0.161. The van der Waals surface area contributed by atoms with Crippen LogP contribution in [0.3, 0.4) is 0 Å². The normalized spacial score (nSPS) is 14.7. The van der Waals surface area contributed by atoms with Crippen LogP contribution in [0.15, 0.2) is 0 Å². The molecule has 3 N–H and O–H groups in total. The van der Waals surface area contributed by atoms with E-state index in [0.717, 1.165) is 120 Å². The average Bonchev–Trinajstić information content (AvgIpc) is 2.05. The van der Waals surface area contributed by atoms with E-state index in [1.807, 2.05) is 0 Å². The topological polar surface area (TPSA) is 237 Å². The van der Waals surface area contributed by atoms with Gasteiger partial charge < -0.3 is 33.8 Å². The highest BCUT2D eigenvalue weighted by atomic mass is 31.2. The summed E-state index contributed by atoms with van der Waals surface area (Å²) in [5.74, 6) is 0.919. The molecule has 558 valence electrons. The molecule has 0 bridgehead atoms. The highest BCUT2D eigenvalue weighted by Crippen LogP contribution is 2.45. The number of unbranched alkanes of at least 4 members (excludes halogenated alkanes) is 36. The number of hydrogen-bond acceptors (Lipinski definition) is 15. The molecule has 7 atom stereocenters. The molecule has 0 aliphatic carbocycles. The standard InChI is InChI=1S/C75H146O17P2/c1-9-67(7)53-45-37-31-33-40-48-56-73(78)86-62-71(92-75(80)58-50-42-34-32-38-46-54-68(8)10-2)64-90-94(83,84)88-60-69(76)59-87-93(81,82)89-63-70(61-85-72(77)55-47-39-29-25-21-18-14-16-20-24-28-36-44-52-66(5)6)91-74(79)57-49-41-30-26-22-17-13-11-12-15-19-23-27-35-43-51-65(3)4/h65-71,76H,9-64H2,1-8H3,(H,81,82)(H,83,84)/t67?,68?,69-,70-,71-/m1/s1. The van der Waals surface area contributed by atoms with E-state index in [-0.39, 0.29) is 25.7 Å². The zero-order valence-electron chi connectivity index (χ0n) is 61.6. The summed E-state index contributed by atoms with van der Waals surface area (Å²) in [6, 6.07) is 0. The highest BCUT2D eigenvalue weighted by molar-refractivity contribution is 7.47. The number of aliphatic hydroxyl groups excluding tert-OH is 1. The van der Waals surface area contributed by atoms with Gasteiger partial charge >= 0.3 is 39.5 Å². The Morgan fingerprint density at radius 1 is 0.298 bits per heavy atom. The van der Waals surface area contributed by atoms with Crippen LogP contribution >= 0.6 is 15.6 Å². The predicted octanol–water partition coefficient (Wildman–Crippen LogP) is 21.7. The number of carbonyl (C=O) groups is 4. The van der Waals surface area contributed by atoms with Gasteiger partial charge in [-0.2, -0.15) is 0 Å². The summed E-state index contributed by atoms with van der Waals surface area (Å²) in [5.41, 5.74) is 0. The largest absolute Gasteiger partial charge is 0.472 e. The lowest BCUT2D eigenvalue weighted by atomic mass is 10.00. The first-order valence-electron chi connectivity index (χ1n) is 38.8. The van der Waals surface area contributed by atoms with Gasteiger partial charge in [-0.25, -0.2) is 9.13 Å². The molecule has 0 aromatic rings. The Hall–Kier alpha value is -1.94. The van der Waals surface area contributed by atoms with Gasteiger partial charge in [0.2, 0.25) is 0 Å². The van der Waals surface area contributed by atoms with Crippen LogP contribution in [0.2, 0.25) is 0 Å². The van der Waals surface area contributed by atoms with Crippen LogP contribution in [0.25, 0.3) is 0 Å². The Bertz CT molecular complexity index is 1850. The Morgan fingerprint density at radius 2 is 0.511 bits per heavy atom. The molecule has 94 heavy (non-hydrogen) atoms. The molecule has 19 heteroatoms. The fraction of sp³-hybridized carbons (Fsp3) is 0.947. The van der Waals surface area contributed by atoms with Gasteiger partial charge in [0.25, 0.3) is 0 Å². The van der Waals surface area contributed by atoms with Gasteiger partial charge in [0.15, 0.2) is 12.2 Å². The molecular formula is C75H146O17P2.